The lowest BCUT2D eigenvalue weighted by Crippen LogP contribution is -2.49. The van der Waals surface area contributed by atoms with E-state index in [9.17, 15) is 14.4 Å². The molecule has 0 unspecified atom stereocenters. The number of rotatable bonds is 4. The van der Waals surface area contributed by atoms with Gasteiger partial charge in [-0.25, -0.2) is 9.37 Å². The monoisotopic (exact) mass is 442 g/mol. The molecule has 2 aromatic heterocycles. The largest absolute Gasteiger partial charge is 0.355 e. The maximum atomic E-state index is 13.4. The Labute approximate surface area is 190 Å². The fourth-order valence-electron chi connectivity index (χ4n) is 4.41. The van der Waals surface area contributed by atoms with Crippen molar-refractivity contribution in [2.75, 3.05) is 42.9 Å². The van der Waals surface area contributed by atoms with Gasteiger partial charge in [0.1, 0.15) is 17.7 Å². The Kier molecular flexibility index (Phi) is 5.40. The Morgan fingerprint density at radius 3 is 2.67 bits per heavy atom. The molecule has 1 aliphatic rings. The summed E-state index contributed by atoms with van der Waals surface area (Å²) >= 11 is 0. The molecule has 1 saturated heterocycles. The lowest BCUT2D eigenvalue weighted by Gasteiger charge is -2.36. The van der Waals surface area contributed by atoms with Crippen LogP contribution >= 0.6 is 0 Å². The van der Waals surface area contributed by atoms with Gasteiger partial charge in [0, 0.05) is 31.9 Å². The van der Waals surface area contributed by atoms with Crippen molar-refractivity contribution >= 4 is 34.1 Å². The van der Waals surface area contributed by atoms with Crippen LogP contribution in [-0.2, 0) is 4.79 Å². The molecule has 1 aliphatic heterocycles. The van der Waals surface area contributed by atoms with Crippen molar-refractivity contribution in [3.63, 3.8) is 0 Å². The second kappa shape index (κ2) is 8.52. The molecule has 7 nitrogen and oxygen atoms in total. The van der Waals surface area contributed by atoms with Gasteiger partial charge >= 0.3 is 0 Å². The van der Waals surface area contributed by atoms with Crippen LogP contribution in [0.4, 0.5) is 15.9 Å². The van der Waals surface area contributed by atoms with Crippen molar-refractivity contribution in [2.45, 2.75) is 6.92 Å². The van der Waals surface area contributed by atoms with Gasteiger partial charge in [0.25, 0.3) is 0 Å². The number of pyridine rings is 1. The molecule has 0 radical (unpaired) electrons. The van der Waals surface area contributed by atoms with Gasteiger partial charge in [0.05, 0.1) is 23.1 Å². The number of amides is 1. The number of anilines is 2. The maximum Gasteiger partial charge on any atom is 0.238 e. The van der Waals surface area contributed by atoms with Gasteiger partial charge in [0.15, 0.2) is 5.65 Å². The van der Waals surface area contributed by atoms with E-state index in [1.54, 1.807) is 12.1 Å². The summed E-state index contributed by atoms with van der Waals surface area (Å²) in [6, 6.07) is 18.1. The molecule has 4 aromatic rings. The van der Waals surface area contributed by atoms with E-state index >= 15 is 0 Å². The predicted molar refractivity (Wildman–Crippen MR) is 126 cm³/mol. The molecule has 0 atom stereocenters. The SMILES string of the molecule is Cc1cc(N2CCN(CC(=O)Nc3cccc(F)c3)CC2)n2c(nc3ccccc32)c1C#N. The normalized spacial score (nSPS) is 14.5. The molecule has 3 heterocycles. The zero-order chi connectivity index (χ0) is 22.9. The van der Waals surface area contributed by atoms with Crippen LogP contribution in [0.25, 0.3) is 16.7 Å². The van der Waals surface area contributed by atoms with E-state index in [1.165, 1.54) is 12.1 Å². The van der Waals surface area contributed by atoms with E-state index in [1.807, 2.05) is 37.3 Å². The molecule has 8 heteroatoms. The molecule has 1 amide bonds. The van der Waals surface area contributed by atoms with Crippen LogP contribution in [0, 0.1) is 24.1 Å². The minimum absolute atomic E-state index is 0.161. The standard InChI is InChI=1S/C25H23FN6O/c1-17-13-24(32-22-8-3-2-7-21(22)29-25(32)20(17)15-27)31-11-9-30(10-12-31)16-23(33)28-19-6-4-5-18(26)14-19/h2-8,13-14H,9-12,16H2,1H3,(H,28,33). The highest BCUT2D eigenvalue weighted by Crippen LogP contribution is 2.29. The van der Waals surface area contributed by atoms with Gasteiger partial charge in [-0.3, -0.25) is 14.1 Å². The summed E-state index contributed by atoms with van der Waals surface area (Å²) in [5.41, 5.74) is 4.44. The van der Waals surface area contributed by atoms with Crippen LogP contribution in [-0.4, -0.2) is 52.9 Å². The number of hydrogen-bond donors (Lipinski definition) is 1. The third kappa shape index (κ3) is 3.99. The number of imidazole rings is 1. The zero-order valence-electron chi connectivity index (χ0n) is 18.3. The first-order chi connectivity index (χ1) is 16.0. The van der Waals surface area contributed by atoms with Gasteiger partial charge in [-0.05, 0) is 48.9 Å². The van der Waals surface area contributed by atoms with E-state index in [4.69, 9.17) is 4.98 Å². The molecular weight excluding hydrogens is 419 g/mol. The van der Waals surface area contributed by atoms with Crippen molar-refractivity contribution in [1.82, 2.24) is 14.3 Å². The smallest absolute Gasteiger partial charge is 0.238 e. The molecule has 2 aromatic carbocycles. The second-order valence-electron chi connectivity index (χ2n) is 8.25. The molecule has 166 valence electrons. The number of benzene rings is 2. The number of halogens is 1. The summed E-state index contributed by atoms with van der Waals surface area (Å²) in [6.45, 7) is 5.09. The van der Waals surface area contributed by atoms with Crippen LogP contribution in [0.5, 0.6) is 0 Å². The Morgan fingerprint density at radius 2 is 1.91 bits per heavy atom. The van der Waals surface area contributed by atoms with Gasteiger partial charge < -0.3 is 10.2 Å². The second-order valence-corrected chi connectivity index (χ2v) is 8.25. The lowest BCUT2D eigenvalue weighted by molar-refractivity contribution is -0.117. The Bertz CT molecular complexity index is 1400. The van der Waals surface area contributed by atoms with Crippen LogP contribution in [0.3, 0.4) is 0 Å². The maximum absolute atomic E-state index is 13.4. The number of hydrogen-bond acceptors (Lipinski definition) is 5. The lowest BCUT2D eigenvalue weighted by atomic mass is 10.1. The van der Waals surface area contributed by atoms with E-state index in [-0.39, 0.29) is 18.3 Å². The number of nitrogens with zero attached hydrogens (tertiary/aromatic N) is 5. The highest BCUT2D eigenvalue weighted by molar-refractivity contribution is 5.92. The summed E-state index contributed by atoms with van der Waals surface area (Å²) in [5, 5.41) is 12.5. The van der Waals surface area contributed by atoms with Crippen molar-refractivity contribution in [3.8, 4) is 6.07 Å². The first kappa shape index (κ1) is 20.9. The number of nitrogens with one attached hydrogen (secondary N) is 1. The minimum Gasteiger partial charge on any atom is -0.355 e. The fourth-order valence-corrected chi connectivity index (χ4v) is 4.41. The highest BCUT2D eigenvalue weighted by Gasteiger charge is 2.23. The average Bonchev–Trinajstić information content (AvgIpc) is 3.18. The van der Waals surface area contributed by atoms with Gasteiger partial charge in [-0.1, -0.05) is 18.2 Å². The molecular formula is C25H23FN6O. The van der Waals surface area contributed by atoms with Crippen molar-refractivity contribution in [3.05, 3.63) is 71.5 Å². The molecule has 1 N–H and O–H groups in total. The van der Waals surface area contributed by atoms with Gasteiger partial charge in [-0.15, -0.1) is 0 Å². The quantitative estimate of drug-likeness (QED) is 0.523. The number of fused-ring (bicyclic) bond motifs is 3. The Morgan fingerprint density at radius 1 is 1.12 bits per heavy atom. The van der Waals surface area contributed by atoms with Crippen LogP contribution < -0.4 is 10.2 Å². The van der Waals surface area contributed by atoms with Crippen molar-refractivity contribution < 1.29 is 9.18 Å². The number of nitriles is 1. The fraction of sp³-hybridized carbons (Fsp3) is 0.240. The predicted octanol–water partition coefficient (Wildman–Crippen LogP) is 3.57. The van der Waals surface area contributed by atoms with Gasteiger partial charge in [-0.2, -0.15) is 5.26 Å². The highest BCUT2D eigenvalue weighted by atomic mass is 19.1. The minimum atomic E-state index is -0.377. The molecule has 0 saturated carbocycles. The number of carbonyl (C=O) groups excluding carboxylic acids is 1. The molecule has 0 bridgehead atoms. The van der Waals surface area contributed by atoms with Crippen molar-refractivity contribution in [1.29, 1.82) is 5.26 Å². The van der Waals surface area contributed by atoms with Crippen molar-refractivity contribution in [2.24, 2.45) is 0 Å². The zero-order valence-corrected chi connectivity index (χ0v) is 18.3. The molecule has 0 spiro atoms. The van der Waals surface area contributed by atoms with E-state index in [0.29, 0.717) is 30.0 Å². The third-order valence-corrected chi connectivity index (χ3v) is 6.04. The van der Waals surface area contributed by atoms with Crippen LogP contribution in [0.1, 0.15) is 11.1 Å². The first-order valence-electron chi connectivity index (χ1n) is 10.9. The number of carbonyl (C=O) groups is 1. The number of piperazine rings is 1. The molecule has 1 fully saturated rings. The van der Waals surface area contributed by atoms with E-state index in [0.717, 1.165) is 35.5 Å². The first-order valence-corrected chi connectivity index (χ1v) is 10.9. The average molecular weight is 442 g/mol. The number of para-hydroxylation sites is 2. The number of aryl methyl sites for hydroxylation is 1. The Hall–Kier alpha value is -3.96. The third-order valence-electron chi connectivity index (χ3n) is 6.04. The van der Waals surface area contributed by atoms with E-state index < -0.39 is 0 Å². The Balaban J connectivity index is 1.34. The van der Waals surface area contributed by atoms with Crippen LogP contribution in [0.2, 0.25) is 0 Å². The summed E-state index contributed by atoms with van der Waals surface area (Å²) in [5.74, 6) is 0.461. The van der Waals surface area contributed by atoms with Crippen LogP contribution in [0.15, 0.2) is 54.6 Å². The van der Waals surface area contributed by atoms with Gasteiger partial charge in [0.2, 0.25) is 5.91 Å². The summed E-state index contributed by atoms with van der Waals surface area (Å²) in [4.78, 5) is 21.5. The molecule has 33 heavy (non-hydrogen) atoms. The summed E-state index contributed by atoms with van der Waals surface area (Å²) in [6.07, 6.45) is 0. The topological polar surface area (TPSA) is 76.7 Å². The van der Waals surface area contributed by atoms with E-state index in [2.05, 4.69) is 25.6 Å². The molecule has 0 aliphatic carbocycles. The number of aromatic nitrogens is 2. The summed E-state index contributed by atoms with van der Waals surface area (Å²) < 4.78 is 15.4. The summed E-state index contributed by atoms with van der Waals surface area (Å²) in [7, 11) is 0. The molecule has 5 rings (SSSR count).